The van der Waals surface area contributed by atoms with E-state index >= 15 is 0 Å². The molecule has 1 aliphatic heterocycles. The Morgan fingerprint density at radius 2 is 1.58 bits per heavy atom. The maximum absolute atomic E-state index is 10.8. The summed E-state index contributed by atoms with van der Waals surface area (Å²) < 4.78 is 86.9. The number of ether oxygens (including phenoxy) is 3. The van der Waals surface area contributed by atoms with Crippen LogP contribution < -0.4 is 5.26 Å². The van der Waals surface area contributed by atoms with Gasteiger partial charge in [0.25, 0.3) is 0 Å². The lowest BCUT2D eigenvalue weighted by Gasteiger charge is -2.44. The van der Waals surface area contributed by atoms with Crippen molar-refractivity contribution < 1.29 is 63.7 Å². The van der Waals surface area contributed by atoms with Crippen molar-refractivity contribution in [1.29, 1.82) is 0 Å². The Bertz CT molecular complexity index is 586. The van der Waals surface area contributed by atoms with Crippen LogP contribution in [0.3, 0.4) is 0 Å². The van der Waals surface area contributed by atoms with Gasteiger partial charge in [-0.1, -0.05) is 0 Å². The molecule has 1 heterocycles. The summed E-state index contributed by atoms with van der Waals surface area (Å²) in [7, 11) is -8.29. The fourth-order valence-corrected chi connectivity index (χ4v) is 2.79. The molecule has 1 rings (SSSR count). The first-order chi connectivity index (χ1) is 11.0. The monoisotopic (exact) mass is 397 g/mol. The largest absolute Gasteiger partial charge is 0.726 e. The molecule has 0 aromatic carbocycles. The van der Waals surface area contributed by atoms with Crippen molar-refractivity contribution in [3.05, 3.63) is 0 Å². The normalized spacial score (nSPS) is 32.0. The van der Waals surface area contributed by atoms with Crippen LogP contribution in [0.15, 0.2) is 0 Å². The highest BCUT2D eigenvalue weighted by atomic mass is 32.3. The second-order valence-electron chi connectivity index (χ2n) is 4.27. The molecule has 24 heavy (non-hydrogen) atoms. The molecular formula is C8H13O14S2-3. The summed E-state index contributed by atoms with van der Waals surface area (Å²) in [5.41, 5.74) is 0. The summed E-state index contributed by atoms with van der Waals surface area (Å²) >= 11 is 0. The maximum Gasteiger partial charge on any atom is 0.218 e. The summed E-state index contributed by atoms with van der Waals surface area (Å²) in [5, 5.41) is 13.4. The Morgan fingerprint density at radius 3 is 2.00 bits per heavy atom. The quantitative estimate of drug-likeness (QED) is 0.159. The molecule has 5 atom stereocenters. The average molecular weight is 397 g/mol. The molecule has 1 aliphatic rings. The highest BCUT2D eigenvalue weighted by Crippen LogP contribution is 2.29. The molecule has 16 heteroatoms. The molecule has 0 radical (unpaired) electrons. The average Bonchev–Trinajstić information content (AvgIpc) is 2.44. The SMILES string of the molecule is CO[C@H]1OC(COS(=O)(=O)[O-])[C@@H](OO[O-])[C@H](OC)C1OS(=O)(=O)[O-]. The van der Waals surface area contributed by atoms with E-state index in [1.807, 2.05) is 0 Å². The van der Waals surface area contributed by atoms with Gasteiger partial charge in [-0.15, -0.1) is 0 Å². The van der Waals surface area contributed by atoms with E-state index in [4.69, 9.17) is 14.2 Å². The highest BCUT2D eigenvalue weighted by Gasteiger charge is 2.50. The second-order valence-corrected chi connectivity index (χ2v) is 6.33. The third-order valence-corrected chi connectivity index (χ3v) is 3.73. The lowest BCUT2D eigenvalue weighted by Crippen LogP contribution is -2.62. The van der Waals surface area contributed by atoms with E-state index < -0.39 is 58.1 Å². The summed E-state index contributed by atoms with van der Waals surface area (Å²) in [6.07, 6.45) is -7.94. The molecule has 2 unspecified atom stereocenters. The molecule has 0 bridgehead atoms. The molecule has 0 amide bonds. The smallest absolute Gasteiger partial charge is 0.218 e. The van der Waals surface area contributed by atoms with E-state index in [0.717, 1.165) is 14.2 Å². The predicted octanol–water partition coefficient (Wildman–Crippen LogP) is -3.71. The molecule has 0 aliphatic carbocycles. The van der Waals surface area contributed by atoms with Crippen molar-refractivity contribution in [1.82, 2.24) is 0 Å². The van der Waals surface area contributed by atoms with Crippen molar-refractivity contribution in [3.8, 4) is 0 Å². The number of methoxy groups -OCH3 is 2. The van der Waals surface area contributed by atoms with Gasteiger partial charge < -0.3 is 28.6 Å². The molecule has 0 aromatic rings. The van der Waals surface area contributed by atoms with Crippen LogP contribution >= 0.6 is 0 Å². The summed E-state index contributed by atoms with van der Waals surface area (Å²) in [6, 6.07) is 0. The van der Waals surface area contributed by atoms with Gasteiger partial charge in [0.2, 0.25) is 20.8 Å². The van der Waals surface area contributed by atoms with Gasteiger partial charge in [0.15, 0.2) is 12.4 Å². The molecule has 14 nitrogen and oxygen atoms in total. The first kappa shape index (κ1) is 21.5. The molecule has 1 saturated heterocycles. The molecule has 0 saturated carbocycles. The highest BCUT2D eigenvalue weighted by molar-refractivity contribution is 7.81. The summed E-state index contributed by atoms with van der Waals surface area (Å²) in [6.45, 7) is -0.948. The van der Waals surface area contributed by atoms with Crippen LogP contribution in [-0.2, 0) is 53.3 Å². The number of rotatable bonds is 9. The number of hydrogen-bond acceptors (Lipinski definition) is 14. The summed E-state index contributed by atoms with van der Waals surface area (Å²) in [5.74, 6) is 0. The standard InChI is InChI=1S/C8H16O14S2/c1-16-6-5(20-22-9)4(3-18-23(10,11)12)19-8(17-2)7(6)21-24(13,14)15/h4-9H,3H2,1-2H3,(H,10,11,12)(H,13,14,15)/p-3/t4?,5-,6+,7?,8+/m1/s1. The number of hydrogen-bond donors (Lipinski definition) is 0. The maximum atomic E-state index is 10.8. The fourth-order valence-electron chi connectivity index (χ4n) is 2.02. The lowest BCUT2D eigenvalue weighted by molar-refractivity contribution is -0.807. The van der Waals surface area contributed by atoms with Crippen molar-refractivity contribution in [2.75, 3.05) is 20.8 Å². The van der Waals surface area contributed by atoms with Crippen LogP contribution in [0.2, 0.25) is 0 Å². The third kappa shape index (κ3) is 6.43. The second kappa shape index (κ2) is 8.74. The molecular weight excluding hydrogens is 384 g/mol. The predicted molar refractivity (Wildman–Crippen MR) is 62.6 cm³/mol. The van der Waals surface area contributed by atoms with Gasteiger partial charge in [0.05, 0.1) is 6.61 Å². The minimum atomic E-state index is -5.24. The summed E-state index contributed by atoms with van der Waals surface area (Å²) in [4.78, 5) is 4.29. The Hall–Kier alpha value is -0.500. The van der Waals surface area contributed by atoms with Gasteiger partial charge in [-0.25, -0.2) is 21.7 Å². The van der Waals surface area contributed by atoms with Crippen LogP contribution in [0.5, 0.6) is 0 Å². The van der Waals surface area contributed by atoms with Crippen molar-refractivity contribution in [3.63, 3.8) is 0 Å². The van der Waals surface area contributed by atoms with Gasteiger partial charge in [0, 0.05) is 14.2 Å². The zero-order chi connectivity index (χ0) is 18.5. The van der Waals surface area contributed by atoms with Gasteiger partial charge in [-0.3, -0.25) is 13.4 Å². The molecule has 0 N–H and O–H groups in total. The van der Waals surface area contributed by atoms with Crippen molar-refractivity contribution >= 4 is 20.8 Å². The van der Waals surface area contributed by atoms with Crippen LogP contribution in [0.25, 0.3) is 0 Å². The van der Waals surface area contributed by atoms with E-state index in [1.165, 1.54) is 0 Å². The van der Waals surface area contributed by atoms with Crippen LogP contribution in [0.4, 0.5) is 0 Å². The Morgan fingerprint density at radius 1 is 0.958 bits per heavy atom. The Labute approximate surface area is 136 Å². The van der Waals surface area contributed by atoms with E-state index in [9.17, 15) is 31.2 Å². The molecule has 0 aromatic heterocycles. The van der Waals surface area contributed by atoms with Gasteiger partial charge in [-0.2, -0.15) is 0 Å². The topological polar surface area (TPSA) is 202 Å². The first-order valence-electron chi connectivity index (χ1n) is 5.93. The van der Waals surface area contributed by atoms with Crippen LogP contribution in [-0.4, -0.2) is 77.5 Å². The fraction of sp³-hybridized carbons (Fsp3) is 1.00. The lowest BCUT2D eigenvalue weighted by atomic mass is 9.99. The van der Waals surface area contributed by atoms with E-state index in [0.29, 0.717) is 0 Å². The van der Waals surface area contributed by atoms with Gasteiger partial charge in [-0.05, 0) is 0 Å². The first-order valence-corrected chi connectivity index (χ1v) is 8.59. The van der Waals surface area contributed by atoms with Crippen LogP contribution in [0.1, 0.15) is 0 Å². The zero-order valence-electron chi connectivity index (χ0n) is 12.1. The molecule has 0 spiro atoms. The van der Waals surface area contributed by atoms with Gasteiger partial charge >= 0.3 is 0 Å². The van der Waals surface area contributed by atoms with E-state index in [-0.39, 0.29) is 0 Å². The van der Waals surface area contributed by atoms with E-state index in [2.05, 4.69) is 18.3 Å². The Kier molecular flexibility index (Phi) is 7.84. The zero-order valence-corrected chi connectivity index (χ0v) is 13.8. The molecule has 1 fully saturated rings. The van der Waals surface area contributed by atoms with Crippen LogP contribution in [0, 0.1) is 0 Å². The minimum absolute atomic E-state index is 0.948. The van der Waals surface area contributed by atoms with Crippen molar-refractivity contribution in [2.24, 2.45) is 0 Å². The van der Waals surface area contributed by atoms with Crippen molar-refractivity contribution in [2.45, 2.75) is 30.7 Å². The van der Waals surface area contributed by atoms with E-state index in [1.54, 1.807) is 0 Å². The third-order valence-electron chi connectivity index (χ3n) is 2.85. The van der Waals surface area contributed by atoms with Gasteiger partial charge in [0.1, 0.15) is 18.3 Å². The minimum Gasteiger partial charge on any atom is -0.726 e. The Balaban J connectivity index is 3.08. The molecule has 144 valence electrons.